The Labute approximate surface area is 118 Å². The molecule has 0 saturated heterocycles. The first-order valence-electron chi connectivity index (χ1n) is 6.54. The molecule has 0 spiro atoms. The minimum Gasteiger partial charge on any atom is -0.508 e. The van der Waals surface area contributed by atoms with Crippen LogP contribution >= 0.6 is 0 Å². The highest BCUT2D eigenvalue weighted by Crippen LogP contribution is 2.19. The standard InChI is InChI=1S/C16H18N2O2/c1-2-18(14-7-4-6-13(17)11-14)16(20)10-12-5-3-8-15(19)9-12/h3-9,11,19H,2,10,17H2,1H3. The fourth-order valence-electron chi connectivity index (χ4n) is 2.13. The molecule has 1 amide bonds. The van der Waals surface area contributed by atoms with E-state index in [9.17, 15) is 9.90 Å². The van der Waals surface area contributed by atoms with E-state index >= 15 is 0 Å². The summed E-state index contributed by atoms with van der Waals surface area (Å²) in [6, 6.07) is 14.0. The largest absolute Gasteiger partial charge is 0.508 e. The molecule has 0 fully saturated rings. The molecule has 2 aromatic carbocycles. The van der Waals surface area contributed by atoms with Crippen LogP contribution in [0.3, 0.4) is 0 Å². The summed E-state index contributed by atoms with van der Waals surface area (Å²) in [6.07, 6.45) is 0.247. The van der Waals surface area contributed by atoms with Crippen molar-refractivity contribution in [2.75, 3.05) is 17.2 Å². The minimum atomic E-state index is -0.0244. The lowest BCUT2D eigenvalue weighted by atomic mass is 10.1. The quantitative estimate of drug-likeness (QED) is 0.839. The average molecular weight is 270 g/mol. The summed E-state index contributed by atoms with van der Waals surface area (Å²) >= 11 is 0. The number of benzene rings is 2. The number of rotatable bonds is 4. The van der Waals surface area contributed by atoms with Gasteiger partial charge in [0.1, 0.15) is 5.75 Å². The van der Waals surface area contributed by atoms with Crippen LogP contribution in [0.25, 0.3) is 0 Å². The van der Waals surface area contributed by atoms with Crippen molar-refractivity contribution < 1.29 is 9.90 Å². The number of nitrogens with two attached hydrogens (primary N) is 1. The summed E-state index contributed by atoms with van der Waals surface area (Å²) in [5.41, 5.74) is 7.96. The number of amides is 1. The second-order valence-corrected chi connectivity index (χ2v) is 4.58. The Morgan fingerprint density at radius 3 is 2.60 bits per heavy atom. The Balaban J connectivity index is 2.17. The van der Waals surface area contributed by atoms with Gasteiger partial charge in [-0.1, -0.05) is 18.2 Å². The number of hydrogen-bond donors (Lipinski definition) is 2. The molecule has 0 heterocycles. The van der Waals surface area contributed by atoms with Gasteiger partial charge in [-0.15, -0.1) is 0 Å². The van der Waals surface area contributed by atoms with Crippen molar-refractivity contribution in [2.24, 2.45) is 0 Å². The second-order valence-electron chi connectivity index (χ2n) is 4.58. The van der Waals surface area contributed by atoms with Crippen LogP contribution in [0.2, 0.25) is 0 Å². The Morgan fingerprint density at radius 2 is 1.95 bits per heavy atom. The van der Waals surface area contributed by atoms with Crippen LogP contribution in [0.4, 0.5) is 11.4 Å². The van der Waals surface area contributed by atoms with Gasteiger partial charge in [-0.2, -0.15) is 0 Å². The van der Waals surface area contributed by atoms with Crippen LogP contribution in [-0.2, 0) is 11.2 Å². The monoisotopic (exact) mass is 270 g/mol. The molecular weight excluding hydrogens is 252 g/mol. The summed E-state index contributed by atoms with van der Waals surface area (Å²) in [5.74, 6) is 0.144. The van der Waals surface area contributed by atoms with Crippen LogP contribution in [-0.4, -0.2) is 17.6 Å². The number of carbonyl (C=O) groups excluding carboxylic acids is 1. The summed E-state index contributed by atoms with van der Waals surface area (Å²) < 4.78 is 0. The lowest BCUT2D eigenvalue weighted by Gasteiger charge is -2.21. The zero-order valence-corrected chi connectivity index (χ0v) is 11.4. The molecule has 4 heteroatoms. The third-order valence-electron chi connectivity index (χ3n) is 3.07. The van der Waals surface area contributed by atoms with Gasteiger partial charge in [-0.3, -0.25) is 4.79 Å². The summed E-state index contributed by atoms with van der Waals surface area (Å²) in [5, 5.41) is 9.43. The van der Waals surface area contributed by atoms with Gasteiger partial charge in [-0.05, 0) is 42.8 Å². The summed E-state index contributed by atoms with van der Waals surface area (Å²) in [7, 11) is 0. The first kappa shape index (κ1) is 13.9. The molecule has 0 atom stereocenters. The summed E-state index contributed by atoms with van der Waals surface area (Å²) in [4.78, 5) is 14.1. The van der Waals surface area contributed by atoms with E-state index in [1.54, 1.807) is 35.2 Å². The van der Waals surface area contributed by atoms with E-state index in [1.807, 2.05) is 25.1 Å². The molecule has 0 aliphatic rings. The van der Waals surface area contributed by atoms with E-state index in [2.05, 4.69) is 0 Å². The van der Waals surface area contributed by atoms with Crippen molar-refractivity contribution in [3.8, 4) is 5.75 Å². The zero-order valence-electron chi connectivity index (χ0n) is 11.4. The lowest BCUT2D eigenvalue weighted by Crippen LogP contribution is -2.32. The molecule has 4 nitrogen and oxygen atoms in total. The Bertz CT molecular complexity index is 611. The fraction of sp³-hybridized carbons (Fsp3) is 0.188. The van der Waals surface area contributed by atoms with E-state index in [4.69, 9.17) is 5.73 Å². The topological polar surface area (TPSA) is 66.6 Å². The molecule has 0 radical (unpaired) electrons. The van der Waals surface area contributed by atoms with Gasteiger partial charge < -0.3 is 15.7 Å². The first-order valence-corrected chi connectivity index (χ1v) is 6.54. The molecule has 20 heavy (non-hydrogen) atoms. The van der Waals surface area contributed by atoms with Crippen LogP contribution in [0, 0.1) is 0 Å². The van der Waals surface area contributed by atoms with Gasteiger partial charge in [-0.25, -0.2) is 0 Å². The number of hydrogen-bond acceptors (Lipinski definition) is 3. The van der Waals surface area contributed by atoms with Crippen molar-refractivity contribution >= 4 is 17.3 Å². The smallest absolute Gasteiger partial charge is 0.231 e. The Hall–Kier alpha value is -2.49. The molecule has 0 saturated carbocycles. The number of anilines is 2. The highest BCUT2D eigenvalue weighted by atomic mass is 16.3. The number of likely N-dealkylation sites (N-methyl/N-ethyl adjacent to an activating group) is 1. The van der Waals surface area contributed by atoms with Crippen LogP contribution in [0.5, 0.6) is 5.75 Å². The maximum Gasteiger partial charge on any atom is 0.231 e. The van der Waals surface area contributed by atoms with Crippen molar-refractivity contribution in [3.63, 3.8) is 0 Å². The van der Waals surface area contributed by atoms with Crippen molar-refractivity contribution in [1.82, 2.24) is 0 Å². The van der Waals surface area contributed by atoms with E-state index in [0.29, 0.717) is 12.2 Å². The first-order chi connectivity index (χ1) is 9.60. The molecule has 0 bridgehead atoms. The van der Waals surface area contributed by atoms with Crippen LogP contribution in [0.15, 0.2) is 48.5 Å². The number of phenols is 1. The normalized spacial score (nSPS) is 10.2. The molecule has 0 unspecified atom stereocenters. The second kappa shape index (κ2) is 6.10. The lowest BCUT2D eigenvalue weighted by molar-refractivity contribution is -0.117. The molecule has 0 aliphatic carbocycles. The molecular formula is C16H18N2O2. The van der Waals surface area contributed by atoms with Gasteiger partial charge >= 0.3 is 0 Å². The van der Waals surface area contributed by atoms with Crippen molar-refractivity contribution in [3.05, 3.63) is 54.1 Å². The molecule has 0 aromatic heterocycles. The molecule has 2 rings (SSSR count). The van der Waals surface area contributed by atoms with Gasteiger partial charge in [0.05, 0.1) is 6.42 Å². The number of nitrogen functional groups attached to an aromatic ring is 1. The van der Waals surface area contributed by atoms with E-state index in [0.717, 1.165) is 11.3 Å². The van der Waals surface area contributed by atoms with Crippen molar-refractivity contribution in [2.45, 2.75) is 13.3 Å². The van der Waals surface area contributed by atoms with E-state index < -0.39 is 0 Å². The molecule has 2 aromatic rings. The van der Waals surface area contributed by atoms with Gasteiger partial charge in [0, 0.05) is 17.9 Å². The highest BCUT2D eigenvalue weighted by molar-refractivity contribution is 5.95. The van der Waals surface area contributed by atoms with Crippen LogP contribution < -0.4 is 10.6 Å². The zero-order chi connectivity index (χ0) is 14.5. The minimum absolute atomic E-state index is 0.0244. The van der Waals surface area contributed by atoms with Gasteiger partial charge in [0.2, 0.25) is 5.91 Å². The SMILES string of the molecule is CCN(C(=O)Cc1cccc(O)c1)c1cccc(N)c1. The molecule has 3 N–H and O–H groups in total. The highest BCUT2D eigenvalue weighted by Gasteiger charge is 2.14. The number of nitrogens with zero attached hydrogens (tertiary/aromatic N) is 1. The predicted molar refractivity (Wildman–Crippen MR) is 80.7 cm³/mol. The summed E-state index contributed by atoms with van der Waals surface area (Å²) in [6.45, 7) is 2.49. The Morgan fingerprint density at radius 1 is 1.20 bits per heavy atom. The fourth-order valence-corrected chi connectivity index (χ4v) is 2.13. The van der Waals surface area contributed by atoms with Crippen LogP contribution in [0.1, 0.15) is 12.5 Å². The maximum absolute atomic E-state index is 12.4. The predicted octanol–water partition coefficient (Wildman–Crippen LogP) is 2.57. The van der Waals surface area contributed by atoms with E-state index in [1.165, 1.54) is 0 Å². The molecule has 104 valence electrons. The number of aromatic hydroxyl groups is 1. The average Bonchev–Trinajstić information content (AvgIpc) is 2.39. The maximum atomic E-state index is 12.4. The van der Waals surface area contributed by atoms with E-state index in [-0.39, 0.29) is 18.1 Å². The van der Waals surface area contributed by atoms with Gasteiger partial charge in [0.25, 0.3) is 0 Å². The third-order valence-corrected chi connectivity index (χ3v) is 3.07. The molecule has 0 aliphatic heterocycles. The number of carbonyl (C=O) groups is 1. The van der Waals surface area contributed by atoms with Crippen molar-refractivity contribution in [1.29, 1.82) is 0 Å². The third kappa shape index (κ3) is 3.29. The van der Waals surface area contributed by atoms with Gasteiger partial charge in [0.15, 0.2) is 0 Å². The number of phenolic OH excluding ortho intramolecular Hbond substituents is 1. The Kier molecular flexibility index (Phi) is 4.25.